The quantitative estimate of drug-likeness (QED) is 0.285. The van der Waals surface area contributed by atoms with Gasteiger partial charge >= 0.3 is 5.97 Å². The normalized spacial score (nSPS) is 23.7. The zero-order chi connectivity index (χ0) is 33.0. The predicted octanol–water partition coefficient (Wildman–Crippen LogP) is 4.20. The minimum atomic E-state index is -2.98. The van der Waals surface area contributed by atoms with E-state index in [-0.39, 0.29) is 35.9 Å². The minimum absolute atomic E-state index is 0.0191. The average Bonchev–Trinajstić information content (AvgIpc) is 3.63. The molecule has 14 heteroatoms. The van der Waals surface area contributed by atoms with Gasteiger partial charge in [0.25, 0.3) is 6.43 Å². The number of rotatable bonds is 7. The number of halogens is 2. The molecule has 3 atom stereocenters. The molecule has 1 N–H and O–H groups in total. The van der Waals surface area contributed by atoms with Crippen LogP contribution in [-0.4, -0.2) is 95.9 Å². The highest BCUT2D eigenvalue weighted by Gasteiger charge is 2.50. The van der Waals surface area contributed by atoms with Gasteiger partial charge in [-0.1, -0.05) is 24.0 Å². The number of carboxylic acids is 1. The van der Waals surface area contributed by atoms with Crippen molar-refractivity contribution in [2.24, 2.45) is 5.92 Å². The molecule has 250 valence electrons. The van der Waals surface area contributed by atoms with Crippen LogP contribution in [-0.2, 0) is 19.0 Å². The summed E-state index contributed by atoms with van der Waals surface area (Å²) in [5, 5.41) is 10.8. The Morgan fingerprint density at radius 1 is 1.19 bits per heavy atom. The molecule has 0 bridgehead atoms. The van der Waals surface area contributed by atoms with Gasteiger partial charge in [-0.15, -0.1) is 0 Å². The maximum absolute atomic E-state index is 14.0. The number of benzene rings is 1. The number of alkyl halides is 2. The molecule has 0 saturated carbocycles. The van der Waals surface area contributed by atoms with Gasteiger partial charge in [-0.2, -0.15) is 0 Å². The molecule has 0 aliphatic carbocycles. The summed E-state index contributed by atoms with van der Waals surface area (Å²) in [5.74, 6) is 5.33. The van der Waals surface area contributed by atoms with Crippen molar-refractivity contribution in [3.8, 4) is 17.7 Å². The first-order chi connectivity index (χ1) is 23.3. The molecule has 0 amide bonds. The van der Waals surface area contributed by atoms with Gasteiger partial charge in [0.2, 0.25) is 5.88 Å². The molecule has 0 unspecified atom stereocenters. The highest BCUT2D eigenvalue weighted by atomic mass is 19.3. The van der Waals surface area contributed by atoms with Crippen LogP contribution in [0.3, 0.4) is 0 Å². The molecule has 3 aromatic heterocycles. The van der Waals surface area contributed by atoms with E-state index in [1.807, 2.05) is 6.07 Å². The topological polar surface area (TPSA) is 133 Å². The molecule has 4 aliphatic heterocycles. The van der Waals surface area contributed by atoms with E-state index in [0.29, 0.717) is 54.8 Å². The number of nitrogens with zero attached hydrogens (tertiary/aromatic N) is 5. The van der Waals surface area contributed by atoms with E-state index in [0.717, 1.165) is 25.2 Å². The van der Waals surface area contributed by atoms with Crippen molar-refractivity contribution < 1.29 is 42.0 Å². The lowest BCUT2D eigenvalue weighted by Gasteiger charge is -2.53. The van der Waals surface area contributed by atoms with Crippen LogP contribution in [0.25, 0.3) is 22.1 Å². The Balaban J connectivity index is 1.13. The molecule has 1 aromatic carbocycles. The molecule has 4 aliphatic rings. The van der Waals surface area contributed by atoms with E-state index in [9.17, 15) is 18.7 Å². The second-order valence-electron chi connectivity index (χ2n) is 12.7. The molecular weight excluding hydrogens is 628 g/mol. The number of pyridine rings is 1. The molecule has 7 heterocycles. The first kappa shape index (κ1) is 30.7. The maximum Gasteiger partial charge on any atom is 0.326 e. The highest BCUT2D eigenvalue weighted by Crippen LogP contribution is 2.41. The largest absolute Gasteiger partial charge is 0.480 e. The molecule has 4 fully saturated rings. The van der Waals surface area contributed by atoms with Crippen molar-refractivity contribution in [2.45, 2.75) is 50.0 Å². The number of ether oxygens (including phenoxy) is 4. The summed E-state index contributed by atoms with van der Waals surface area (Å²) in [5.41, 5.74) is 1.74. The molecule has 8 rings (SSSR count). The number of aromatic nitrogens is 3. The van der Waals surface area contributed by atoms with E-state index < -0.39 is 36.0 Å². The van der Waals surface area contributed by atoms with Gasteiger partial charge in [0.1, 0.15) is 34.5 Å². The lowest BCUT2D eigenvalue weighted by molar-refractivity contribution is -0.228. The molecule has 4 aromatic rings. The summed E-state index contributed by atoms with van der Waals surface area (Å²) in [4.78, 5) is 29.1. The minimum Gasteiger partial charge on any atom is -0.480 e. The second kappa shape index (κ2) is 12.1. The van der Waals surface area contributed by atoms with Crippen molar-refractivity contribution in [3.63, 3.8) is 0 Å². The van der Waals surface area contributed by atoms with E-state index in [1.165, 1.54) is 4.90 Å². The van der Waals surface area contributed by atoms with Gasteiger partial charge in [0.15, 0.2) is 17.2 Å². The van der Waals surface area contributed by atoms with Crippen LogP contribution >= 0.6 is 0 Å². The number of hydrogen-bond acceptors (Lipinski definition) is 11. The van der Waals surface area contributed by atoms with Gasteiger partial charge in [-0.25, -0.2) is 28.5 Å². The first-order valence-electron chi connectivity index (χ1n) is 16.0. The Hall–Kier alpha value is -4.58. The highest BCUT2D eigenvalue weighted by molar-refractivity contribution is 6.06. The van der Waals surface area contributed by atoms with Crippen LogP contribution in [0.2, 0.25) is 0 Å². The van der Waals surface area contributed by atoms with Crippen molar-refractivity contribution in [1.82, 2.24) is 15.0 Å². The van der Waals surface area contributed by atoms with E-state index >= 15 is 0 Å². The Bertz CT molecular complexity index is 1940. The van der Waals surface area contributed by atoms with Gasteiger partial charge in [0, 0.05) is 42.5 Å². The SMILES string of the molecule is C[C@@H]1N(c2cc(C#CCC3COC3)cnc2O[C@H]2C[C@@H](C(=O)O)N(c3nc(C(F)F)nc4c3oc3ccccc34)C2)CCOC12COC2. The number of hydrogen-bond donors (Lipinski definition) is 1. The first-order valence-corrected chi connectivity index (χ1v) is 16.0. The van der Waals surface area contributed by atoms with Gasteiger partial charge in [-0.05, 0) is 25.1 Å². The summed E-state index contributed by atoms with van der Waals surface area (Å²) in [6.45, 7) is 5.56. The van der Waals surface area contributed by atoms with Crippen LogP contribution in [0.5, 0.6) is 5.88 Å². The molecule has 12 nitrogen and oxygen atoms in total. The molecule has 1 spiro atoms. The van der Waals surface area contributed by atoms with E-state index in [1.54, 1.807) is 30.5 Å². The van der Waals surface area contributed by atoms with Crippen LogP contribution < -0.4 is 14.5 Å². The Kier molecular flexibility index (Phi) is 7.77. The fraction of sp³-hybridized carbons (Fsp3) is 0.471. The number of fused-ring (bicyclic) bond motifs is 3. The molecule has 48 heavy (non-hydrogen) atoms. The van der Waals surface area contributed by atoms with Gasteiger partial charge in [0.05, 0.1) is 45.6 Å². The van der Waals surface area contributed by atoms with Crippen molar-refractivity contribution in [3.05, 3.63) is 47.9 Å². The van der Waals surface area contributed by atoms with Crippen LogP contribution in [0.4, 0.5) is 20.3 Å². The summed E-state index contributed by atoms with van der Waals surface area (Å²) < 4.78 is 57.6. The summed E-state index contributed by atoms with van der Waals surface area (Å²) in [6, 6.07) is 7.66. The predicted molar refractivity (Wildman–Crippen MR) is 168 cm³/mol. The summed E-state index contributed by atoms with van der Waals surface area (Å²) in [7, 11) is 0. The molecule has 0 radical (unpaired) electrons. The lowest BCUT2D eigenvalue weighted by Crippen LogP contribution is -2.68. The third-order valence-corrected chi connectivity index (χ3v) is 9.63. The lowest BCUT2D eigenvalue weighted by atomic mass is 9.90. The number of aliphatic carboxylic acids is 1. The summed E-state index contributed by atoms with van der Waals surface area (Å²) >= 11 is 0. The Morgan fingerprint density at radius 2 is 2.02 bits per heavy atom. The van der Waals surface area contributed by atoms with Crippen molar-refractivity contribution in [1.29, 1.82) is 0 Å². The zero-order valence-electron chi connectivity index (χ0n) is 26.1. The standard InChI is InChI=1S/C34H33F2N5O7/c1-19-34(17-45-18-34)46-10-9-40(19)24-11-20(5-4-6-21-15-44-16-21)13-37-32(24)47-22-12-25(33(42)43)41(14-22)31-28-27(38-30(39-31)29(35)36)23-7-2-3-8-26(23)48-28/h2-3,7-8,11,13,19,21-22,25,29H,6,9-10,12,14-18H2,1H3,(H,42,43)/t19-,22-,25-/m0/s1. The number of anilines is 2. The van der Waals surface area contributed by atoms with Crippen LogP contribution in [0, 0.1) is 17.8 Å². The monoisotopic (exact) mass is 661 g/mol. The van der Waals surface area contributed by atoms with Crippen LogP contribution in [0.1, 0.15) is 37.6 Å². The third kappa shape index (κ3) is 5.35. The Morgan fingerprint density at radius 3 is 2.75 bits per heavy atom. The zero-order valence-corrected chi connectivity index (χ0v) is 26.1. The third-order valence-electron chi connectivity index (χ3n) is 9.63. The fourth-order valence-corrected chi connectivity index (χ4v) is 6.80. The number of furan rings is 1. The smallest absolute Gasteiger partial charge is 0.326 e. The number of carbonyl (C=O) groups is 1. The molecular formula is C34H33F2N5O7. The van der Waals surface area contributed by atoms with Crippen molar-refractivity contribution in [2.75, 3.05) is 55.9 Å². The fourth-order valence-electron chi connectivity index (χ4n) is 6.80. The van der Waals surface area contributed by atoms with Crippen LogP contribution in [0.15, 0.2) is 40.9 Å². The number of carboxylic acid groups (broad SMARTS) is 1. The second-order valence-corrected chi connectivity index (χ2v) is 12.7. The van der Waals surface area contributed by atoms with E-state index in [2.05, 4.69) is 38.6 Å². The van der Waals surface area contributed by atoms with Gasteiger partial charge < -0.3 is 38.3 Å². The number of para-hydroxylation sites is 1. The van der Waals surface area contributed by atoms with Gasteiger partial charge in [-0.3, -0.25) is 0 Å². The van der Waals surface area contributed by atoms with E-state index in [4.69, 9.17) is 23.4 Å². The Labute approximate surface area is 273 Å². The average molecular weight is 662 g/mol. The summed E-state index contributed by atoms with van der Waals surface area (Å²) in [6.07, 6.45) is -1.22. The maximum atomic E-state index is 14.0. The number of morpholine rings is 1. The van der Waals surface area contributed by atoms with Crippen molar-refractivity contribution >= 4 is 39.5 Å². The molecule has 4 saturated heterocycles.